The fourth-order valence-electron chi connectivity index (χ4n) is 3.44. The Hall–Kier alpha value is -3.31. The molecular weight excluding hydrogens is 514 g/mol. The molecule has 0 aliphatic heterocycles. The highest BCUT2D eigenvalue weighted by atomic mass is 19.4. The lowest BCUT2D eigenvalue weighted by atomic mass is 9.73. The Morgan fingerprint density at radius 3 is 1.38 bits per heavy atom. The zero-order valence-corrected chi connectivity index (χ0v) is 19.3. The zero-order valence-electron chi connectivity index (χ0n) is 19.3. The van der Waals surface area contributed by atoms with E-state index in [0.717, 1.165) is 66.7 Å². The lowest BCUT2D eigenvalue weighted by molar-refractivity contribution is -0.138. The lowest BCUT2D eigenvalue weighted by Gasteiger charge is -2.21. The summed E-state index contributed by atoms with van der Waals surface area (Å²) in [5, 5.41) is 0. The Kier molecular flexibility index (Phi) is 8.39. The van der Waals surface area contributed by atoms with Crippen LogP contribution in [-0.4, -0.2) is 7.12 Å². The van der Waals surface area contributed by atoms with E-state index < -0.39 is 42.3 Å². The summed E-state index contributed by atoms with van der Waals surface area (Å²) in [4.78, 5) is 0. The molecule has 0 spiro atoms. The number of benzene rings is 3. The van der Waals surface area contributed by atoms with Gasteiger partial charge in [0.05, 0.1) is 16.7 Å². The molecule has 37 heavy (non-hydrogen) atoms. The highest BCUT2D eigenvalue weighted by molar-refractivity contribution is 6.63. The molecule has 3 aromatic carbocycles. The van der Waals surface area contributed by atoms with E-state index in [1.807, 2.05) is 6.92 Å². The Morgan fingerprint density at radius 2 is 1.00 bits per heavy atom. The summed E-state index contributed by atoms with van der Waals surface area (Å²) in [5.41, 5.74) is -2.43. The number of alkyl halides is 9. The van der Waals surface area contributed by atoms with Gasteiger partial charge < -0.3 is 9.31 Å². The number of halogens is 9. The van der Waals surface area contributed by atoms with Crippen molar-refractivity contribution in [3.8, 4) is 11.5 Å². The average molecular weight is 534 g/mol. The lowest BCUT2D eigenvalue weighted by Crippen LogP contribution is -2.44. The maximum Gasteiger partial charge on any atom is 0.632 e. The minimum Gasteiger partial charge on any atom is -0.522 e. The van der Waals surface area contributed by atoms with Crippen LogP contribution in [0.3, 0.4) is 0 Å². The number of hydrogen-bond donors (Lipinski definition) is 0. The van der Waals surface area contributed by atoms with Crippen molar-refractivity contribution in [2.24, 2.45) is 0 Å². The van der Waals surface area contributed by atoms with Gasteiger partial charge in [0.25, 0.3) is 0 Å². The zero-order chi connectivity index (χ0) is 27.4. The number of rotatable bonds is 8. The highest BCUT2D eigenvalue weighted by Gasteiger charge is 2.36. The van der Waals surface area contributed by atoms with Gasteiger partial charge in [-0.25, -0.2) is 0 Å². The summed E-state index contributed by atoms with van der Waals surface area (Å²) in [7, 11) is -1.47. The summed E-state index contributed by atoms with van der Waals surface area (Å²) in [6, 6.07) is 9.98. The van der Waals surface area contributed by atoms with E-state index in [2.05, 4.69) is 0 Å². The topological polar surface area (TPSA) is 18.5 Å². The second-order valence-corrected chi connectivity index (χ2v) is 8.13. The Balaban J connectivity index is 2.02. The minimum absolute atomic E-state index is 0.0914. The first-order chi connectivity index (χ1) is 17.2. The molecular formula is C25H20BF9O2. The van der Waals surface area contributed by atoms with E-state index >= 15 is 0 Å². The maximum absolute atomic E-state index is 13.3. The van der Waals surface area contributed by atoms with Crippen LogP contribution < -0.4 is 14.8 Å². The van der Waals surface area contributed by atoms with Crippen molar-refractivity contribution in [3.05, 3.63) is 89.0 Å². The van der Waals surface area contributed by atoms with Crippen LogP contribution in [-0.2, 0) is 24.9 Å². The van der Waals surface area contributed by atoms with Crippen molar-refractivity contribution in [1.82, 2.24) is 0 Å². The minimum atomic E-state index is -4.63. The van der Waals surface area contributed by atoms with Crippen LogP contribution in [0.2, 0.25) is 0 Å². The molecule has 3 rings (SSSR count). The van der Waals surface area contributed by atoms with Gasteiger partial charge in [0.15, 0.2) is 0 Å². The number of unbranched alkanes of at least 4 members (excludes halogenated alkanes) is 1. The number of aryl methyl sites for hydroxylation is 1. The quantitative estimate of drug-likeness (QED) is 0.216. The van der Waals surface area contributed by atoms with Crippen molar-refractivity contribution < 1.29 is 48.8 Å². The molecule has 0 atom stereocenters. The van der Waals surface area contributed by atoms with Crippen LogP contribution >= 0.6 is 0 Å². The van der Waals surface area contributed by atoms with E-state index in [1.54, 1.807) is 0 Å². The highest BCUT2D eigenvalue weighted by Crippen LogP contribution is 2.33. The predicted molar refractivity (Wildman–Crippen MR) is 120 cm³/mol. The fraction of sp³-hybridized carbons (Fsp3) is 0.280. The molecule has 2 nitrogen and oxygen atoms in total. The van der Waals surface area contributed by atoms with E-state index in [-0.39, 0.29) is 28.9 Å². The SMILES string of the molecule is CCCCc1cc(C(F)(F)F)ccc1B(Oc1ccc(C(F)(F)F)cc1)Oc1ccc(C(F)(F)F)cc1. The van der Waals surface area contributed by atoms with Gasteiger partial charge in [-0.3, -0.25) is 0 Å². The maximum atomic E-state index is 13.3. The first-order valence-electron chi connectivity index (χ1n) is 11.1. The summed E-state index contributed by atoms with van der Waals surface area (Å²) < 4.78 is 129. The summed E-state index contributed by atoms with van der Waals surface area (Å²) in [6.07, 6.45) is -12.5. The molecule has 198 valence electrons. The van der Waals surface area contributed by atoms with Crippen LogP contribution in [0.25, 0.3) is 0 Å². The van der Waals surface area contributed by atoms with Crippen molar-refractivity contribution in [2.75, 3.05) is 0 Å². The molecule has 3 aromatic rings. The summed E-state index contributed by atoms with van der Waals surface area (Å²) >= 11 is 0. The summed E-state index contributed by atoms with van der Waals surface area (Å²) in [6.45, 7) is 1.84. The molecule has 0 amide bonds. The van der Waals surface area contributed by atoms with Crippen LogP contribution in [0.15, 0.2) is 66.7 Å². The molecule has 0 bridgehead atoms. The van der Waals surface area contributed by atoms with E-state index in [0.29, 0.717) is 12.8 Å². The van der Waals surface area contributed by atoms with Crippen molar-refractivity contribution in [3.63, 3.8) is 0 Å². The standard InChI is InChI=1S/C25H20BF9O2/c1-2-3-4-16-15-19(25(33,34)35)9-14-22(16)26(36-20-10-5-17(6-11-20)23(27,28)29)37-21-12-7-18(8-13-21)24(30,31)32/h5-15H,2-4H2,1H3. The van der Waals surface area contributed by atoms with Gasteiger partial charge in [-0.2, -0.15) is 39.5 Å². The van der Waals surface area contributed by atoms with Crippen LogP contribution in [0.1, 0.15) is 42.0 Å². The van der Waals surface area contributed by atoms with E-state index in [4.69, 9.17) is 9.31 Å². The third-order valence-electron chi connectivity index (χ3n) is 5.37. The van der Waals surface area contributed by atoms with Crippen LogP contribution in [0.5, 0.6) is 11.5 Å². The molecule has 0 N–H and O–H groups in total. The second kappa shape index (κ2) is 11.0. The summed E-state index contributed by atoms with van der Waals surface area (Å²) in [5.74, 6) is -0.183. The van der Waals surface area contributed by atoms with Gasteiger partial charge in [0, 0.05) is 5.46 Å². The van der Waals surface area contributed by atoms with Gasteiger partial charge in [0.1, 0.15) is 11.5 Å². The largest absolute Gasteiger partial charge is 0.632 e. The Labute approximate surface area is 207 Å². The molecule has 0 unspecified atom stereocenters. The third-order valence-corrected chi connectivity index (χ3v) is 5.37. The van der Waals surface area contributed by atoms with Gasteiger partial charge in [-0.15, -0.1) is 0 Å². The molecule has 0 saturated heterocycles. The molecule has 0 saturated carbocycles. The number of hydrogen-bond acceptors (Lipinski definition) is 2. The Bertz CT molecular complexity index is 1110. The first-order valence-corrected chi connectivity index (χ1v) is 11.1. The molecule has 0 heterocycles. The van der Waals surface area contributed by atoms with E-state index in [9.17, 15) is 39.5 Å². The van der Waals surface area contributed by atoms with Crippen LogP contribution in [0.4, 0.5) is 39.5 Å². The smallest absolute Gasteiger partial charge is 0.522 e. The monoisotopic (exact) mass is 534 g/mol. The van der Waals surface area contributed by atoms with Gasteiger partial charge in [-0.1, -0.05) is 25.5 Å². The molecule has 0 radical (unpaired) electrons. The molecule has 0 aliphatic carbocycles. The molecule has 0 aliphatic rings. The van der Waals surface area contributed by atoms with E-state index in [1.165, 1.54) is 0 Å². The molecule has 0 fully saturated rings. The van der Waals surface area contributed by atoms with Gasteiger partial charge in [-0.05, 0) is 73.0 Å². The van der Waals surface area contributed by atoms with Gasteiger partial charge >= 0.3 is 25.6 Å². The van der Waals surface area contributed by atoms with Crippen molar-refractivity contribution in [2.45, 2.75) is 44.7 Å². The van der Waals surface area contributed by atoms with Crippen LogP contribution in [0, 0.1) is 0 Å². The fourth-order valence-corrected chi connectivity index (χ4v) is 3.44. The van der Waals surface area contributed by atoms with Crippen molar-refractivity contribution in [1.29, 1.82) is 0 Å². The predicted octanol–water partition coefficient (Wildman–Crippen LogP) is 7.94. The third kappa shape index (κ3) is 7.59. The van der Waals surface area contributed by atoms with Crippen molar-refractivity contribution >= 4 is 12.6 Å². The molecule has 12 heteroatoms. The average Bonchev–Trinajstić information content (AvgIpc) is 2.81. The van der Waals surface area contributed by atoms with Gasteiger partial charge in [0.2, 0.25) is 0 Å². The normalized spacial score (nSPS) is 12.4. The first kappa shape index (κ1) is 28.3. The molecule has 0 aromatic heterocycles. The second-order valence-electron chi connectivity index (χ2n) is 8.13. The Morgan fingerprint density at radius 1 is 0.595 bits per heavy atom.